The Morgan fingerprint density at radius 1 is 1.73 bits per heavy atom. The standard InChI is InChI=1S/C8H14O2S/c1-5-7(10-4)11-8(9)6(2)3/h7H,2,5H2,1,3-4H3. The Bertz CT molecular complexity index is 150. The van der Waals surface area contributed by atoms with Crippen molar-refractivity contribution in [3.8, 4) is 0 Å². The molecule has 0 aromatic rings. The van der Waals surface area contributed by atoms with E-state index in [1.165, 1.54) is 11.8 Å². The summed E-state index contributed by atoms with van der Waals surface area (Å²) in [5, 5.41) is 0.0127. The van der Waals surface area contributed by atoms with Gasteiger partial charge in [0.1, 0.15) is 5.44 Å². The van der Waals surface area contributed by atoms with E-state index >= 15 is 0 Å². The van der Waals surface area contributed by atoms with Gasteiger partial charge in [-0.3, -0.25) is 4.79 Å². The SMILES string of the molecule is C=C(C)C(=O)SC(CC)OC. The van der Waals surface area contributed by atoms with Crippen molar-refractivity contribution in [3.05, 3.63) is 12.2 Å². The molecular weight excluding hydrogens is 160 g/mol. The maximum absolute atomic E-state index is 11.1. The van der Waals surface area contributed by atoms with E-state index in [0.29, 0.717) is 5.57 Å². The summed E-state index contributed by atoms with van der Waals surface area (Å²) in [6.45, 7) is 7.24. The zero-order valence-corrected chi connectivity index (χ0v) is 8.03. The number of carbonyl (C=O) groups excluding carboxylic acids is 1. The van der Waals surface area contributed by atoms with Crippen molar-refractivity contribution in [2.24, 2.45) is 0 Å². The van der Waals surface area contributed by atoms with Gasteiger partial charge < -0.3 is 4.74 Å². The molecule has 0 N–H and O–H groups in total. The summed E-state index contributed by atoms with van der Waals surface area (Å²) in [5.41, 5.74) is 0.546. The molecule has 0 heterocycles. The number of hydrogen-bond acceptors (Lipinski definition) is 3. The molecule has 0 aliphatic carbocycles. The first-order valence-corrected chi connectivity index (χ1v) is 4.39. The van der Waals surface area contributed by atoms with E-state index in [1.54, 1.807) is 14.0 Å². The minimum Gasteiger partial charge on any atom is -0.370 e. The monoisotopic (exact) mass is 174 g/mol. The van der Waals surface area contributed by atoms with Gasteiger partial charge in [0.2, 0.25) is 5.12 Å². The Morgan fingerprint density at radius 3 is 2.55 bits per heavy atom. The van der Waals surface area contributed by atoms with Crippen LogP contribution in [0.25, 0.3) is 0 Å². The lowest BCUT2D eigenvalue weighted by Crippen LogP contribution is -2.07. The van der Waals surface area contributed by atoms with Crippen LogP contribution < -0.4 is 0 Å². The van der Waals surface area contributed by atoms with Crippen LogP contribution in [0.5, 0.6) is 0 Å². The van der Waals surface area contributed by atoms with Gasteiger partial charge in [-0.1, -0.05) is 25.3 Å². The quantitative estimate of drug-likeness (QED) is 0.483. The molecule has 3 heteroatoms. The van der Waals surface area contributed by atoms with E-state index in [-0.39, 0.29) is 10.6 Å². The Morgan fingerprint density at radius 2 is 2.27 bits per heavy atom. The predicted octanol–water partition coefficient (Wildman–Crippen LogP) is 2.20. The van der Waals surface area contributed by atoms with Gasteiger partial charge in [-0.25, -0.2) is 0 Å². The lowest BCUT2D eigenvalue weighted by molar-refractivity contribution is -0.108. The molecule has 0 fully saturated rings. The Labute approximate surface area is 72.0 Å². The number of thioether (sulfide) groups is 1. The van der Waals surface area contributed by atoms with E-state index in [4.69, 9.17) is 4.74 Å². The molecule has 0 amide bonds. The second kappa shape index (κ2) is 5.38. The second-order valence-corrected chi connectivity index (χ2v) is 3.39. The van der Waals surface area contributed by atoms with Crippen LogP contribution in [0.4, 0.5) is 0 Å². The molecule has 0 radical (unpaired) electrons. The first kappa shape index (κ1) is 10.7. The fraction of sp³-hybridized carbons (Fsp3) is 0.625. The molecule has 0 bridgehead atoms. The minimum absolute atomic E-state index is 0.0127. The van der Waals surface area contributed by atoms with Crippen LogP contribution in [0, 0.1) is 0 Å². The Kier molecular flexibility index (Phi) is 5.24. The maximum atomic E-state index is 11.1. The summed E-state index contributed by atoms with van der Waals surface area (Å²) < 4.78 is 5.02. The van der Waals surface area contributed by atoms with Gasteiger partial charge in [-0.15, -0.1) is 0 Å². The summed E-state index contributed by atoms with van der Waals surface area (Å²) in [7, 11) is 1.60. The van der Waals surface area contributed by atoms with E-state index in [2.05, 4.69) is 6.58 Å². The molecule has 1 atom stereocenters. The highest BCUT2D eigenvalue weighted by Crippen LogP contribution is 2.18. The molecule has 1 unspecified atom stereocenters. The lowest BCUT2D eigenvalue weighted by atomic mass is 10.4. The van der Waals surface area contributed by atoms with E-state index < -0.39 is 0 Å². The first-order chi connectivity index (χ1) is 5.11. The van der Waals surface area contributed by atoms with Gasteiger partial charge >= 0.3 is 0 Å². The summed E-state index contributed by atoms with van der Waals surface area (Å²) in [6, 6.07) is 0. The number of hydrogen-bond donors (Lipinski definition) is 0. The van der Waals surface area contributed by atoms with Gasteiger partial charge in [-0.2, -0.15) is 0 Å². The molecule has 0 spiro atoms. The zero-order chi connectivity index (χ0) is 8.85. The topological polar surface area (TPSA) is 26.3 Å². The Balaban J connectivity index is 3.81. The molecule has 0 aromatic heterocycles. The number of rotatable bonds is 4. The fourth-order valence-electron chi connectivity index (χ4n) is 0.518. The number of ether oxygens (including phenoxy) is 1. The van der Waals surface area contributed by atoms with Crippen molar-refractivity contribution < 1.29 is 9.53 Å². The minimum atomic E-state index is -0.0285. The molecule has 64 valence electrons. The average molecular weight is 174 g/mol. The zero-order valence-electron chi connectivity index (χ0n) is 7.22. The highest BCUT2D eigenvalue weighted by Gasteiger charge is 2.11. The second-order valence-electron chi connectivity index (χ2n) is 2.26. The Hall–Kier alpha value is -0.280. The van der Waals surface area contributed by atoms with Crippen LogP contribution >= 0.6 is 11.8 Å². The van der Waals surface area contributed by atoms with Crippen molar-refractivity contribution in [2.45, 2.75) is 25.7 Å². The third-order valence-electron chi connectivity index (χ3n) is 1.18. The third-order valence-corrected chi connectivity index (χ3v) is 2.53. The molecule has 2 nitrogen and oxygen atoms in total. The van der Waals surface area contributed by atoms with Gasteiger partial charge in [0.25, 0.3) is 0 Å². The lowest BCUT2D eigenvalue weighted by Gasteiger charge is -2.10. The van der Waals surface area contributed by atoms with Crippen molar-refractivity contribution in [3.63, 3.8) is 0 Å². The van der Waals surface area contributed by atoms with Crippen LogP contribution in [0.15, 0.2) is 12.2 Å². The summed E-state index contributed by atoms with van der Waals surface area (Å²) in [4.78, 5) is 11.1. The molecule has 0 aliphatic rings. The summed E-state index contributed by atoms with van der Waals surface area (Å²) >= 11 is 1.19. The van der Waals surface area contributed by atoms with Crippen LogP contribution in [0.3, 0.4) is 0 Å². The largest absolute Gasteiger partial charge is 0.370 e. The van der Waals surface area contributed by atoms with Crippen LogP contribution in [-0.4, -0.2) is 17.7 Å². The van der Waals surface area contributed by atoms with Crippen molar-refractivity contribution in [2.75, 3.05) is 7.11 Å². The highest BCUT2D eigenvalue weighted by molar-refractivity contribution is 8.14. The van der Waals surface area contributed by atoms with Crippen LogP contribution in [0.2, 0.25) is 0 Å². The summed E-state index contributed by atoms with van der Waals surface area (Å²) in [6.07, 6.45) is 0.834. The maximum Gasteiger partial charge on any atom is 0.216 e. The van der Waals surface area contributed by atoms with Crippen molar-refractivity contribution >= 4 is 16.9 Å². The molecule has 0 saturated heterocycles. The molecule has 0 rings (SSSR count). The predicted molar refractivity (Wildman–Crippen MR) is 48.5 cm³/mol. The molecular formula is C8H14O2S. The molecule has 11 heavy (non-hydrogen) atoms. The van der Waals surface area contributed by atoms with E-state index in [1.807, 2.05) is 6.92 Å². The normalized spacial score (nSPS) is 12.6. The molecule has 0 aliphatic heterocycles. The number of carbonyl (C=O) groups is 1. The van der Waals surface area contributed by atoms with Gasteiger partial charge in [0.05, 0.1) is 0 Å². The number of methoxy groups -OCH3 is 1. The van der Waals surface area contributed by atoms with Crippen LogP contribution in [-0.2, 0) is 9.53 Å². The average Bonchev–Trinajstić information content (AvgIpc) is 1.99. The van der Waals surface area contributed by atoms with Gasteiger partial charge in [0.15, 0.2) is 0 Å². The molecule has 0 saturated carbocycles. The molecule has 0 aromatic carbocycles. The van der Waals surface area contributed by atoms with Gasteiger partial charge in [-0.05, 0) is 18.9 Å². The van der Waals surface area contributed by atoms with E-state index in [9.17, 15) is 4.79 Å². The van der Waals surface area contributed by atoms with E-state index in [0.717, 1.165) is 6.42 Å². The van der Waals surface area contributed by atoms with Crippen molar-refractivity contribution in [1.82, 2.24) is 0 Å². The van der Waals surface area contributed by atoms with Crippen molar-refractivity contribution in [1.29, 1.82) is 0 Å². The summed E-state index contributed by atoms with van der Waals surface area (Å²) in [5.74, 6) is 0. The van der Waals surface area contributed by atoms with Crippen LogP contribution in [0.1, 0.15) is 20.3 Å². The van der Waals surface area contributed by atoms with Gasteiger partial charge in [0, 0.05) is 7.11 Å². The highest BCUT2D eigenvalue weighted by atomic mass is 32.2. The first-order valence-electron chi connectivity index (χ1n) is 3.51. The third kappa shape index (κ3) is 4.22. The smallest absolute Gasteiger partial charge is 0.216 e. The fourth-order valence-corrected chi connectivity index (χ4v) is 1.22.